The van der Waals surface area contributed by atoms with Gasteiger partial charge in [0.2, 0.25) is 0 Å². The molecule has 2 heterocycles. The van der Waals surface area contributed by atoms with E-state index in [2.05, 4.69) is 17.2 Å². The molecule has 1 fully saturated rings. The molecule has 0 aliphatic carbocycles. The first-order valence-corrected chi connectivity index (χ1v) is 7.26. The summed E-state index contributed by atoms with van der Waals surface area (Å²) in [5.41, 5.74) is 0. The lowest BCUT2D eigenvalue weighted by Crippen LogP contribution is -2.61. The summed E-state index contributed by atoms with van der Waals surface area (Å²) < 4.78 is 0. The lowest BCUT2D eigenvalue weighted by atomic mass is 9.96. The second-order valence-corrected chi connectivity index (χ2v) is 4.69. The molecule has 4 atom stereocenters. The number of nitrogens with one attached hydrogen (secondary N) is 1. The average Bonchev–Trinajstić information content (AvgIpc) is 2.83. The monoisotopic (exact) mass is 273 g/mol. The average molecular weight is 273 g/mol. The molecular weight excluding hydrogens is 246 g/mol. The molecule has 0 amide bonds. The fraction of sp³-hybridized carbons (Fsp3) is 0.923. The van der Waals surface area contributed by atoms with Crippen molar-refractivity contribution in [3.8, 4) is 0 Å². The van der Waals surface area contributed by atoms with Crippen LogP contribution in [0.3, 0.4) is 0 Å². The Hall–Kier alpha value is -0.850. The number of unbranched alkanes of at least 4 members (excludes halogenated alkanes) is 1. The number of aliphatic imine (C=N–C) groups is 1. The largest absolute Gasteiger partial charge is 0.390 e. The van der Waals surface area contributed by atoms with Crippen molar-refractivity contribution in [2.45, 2.75) is 64.5 Å². The Morgan fingerprint density at radius 3 is 2.63 bits per heavy atom. The van der Waals surface area contributed by atoms with E-state index >= 15 is 0 Å². The van der Waals surface area contributed by atoms with Crippen LogP contribution < -0.4 is 5.32 Å². The minimum absolute atomic E-state index is 0.159. The van der Waals surface area contributed by atoms with E-state index in [9.17, 15) is 15.3 Å². The molecule has 0 bridgehead atoms. The summed E-state index contributed by atoms with van der Waals surface area (Å²) in [5.74, 6) is 0.641. The van der Waals surface area contributed by atoms with E-state index in [1.165, 1.54) is 0 Å². The van der Waals surface area contributed by atoms with Crippen molar-refractivity contribution in [3.05, 3.63) is 0 Å². The molecule has 0 aromatic carbocycles. The zero-order chi connectivity index (χ0) is 14.4. The number of piperidine rings is 1. The molecular formula is C13H27N3O3. The summed E-state index contributed by atoms with van der Waals surface area (Å²) in [5, 5.41) is 32.5. The predicted octanol–water partition coefficient (Wildman–Crippen LogP) is -0.114. The fourth-order valence-electron chi connectivity index (χ4n) is 2.39. The standard InChI is InChI=1S/C11H21N3O3.C2H6/c1-2-3-4-12-11-13-6-7-10(17)8(15)5-9(16)14(7)11;1-2/h7-10,15-17H,2-6H2,1H3,(H,12,13);1-2H3/t7?,8?,9-,10-;/m1./s1. The van der Waals surface area contributed by atoms with E-state index in [1.54, 1.807) is 4.90 Å². The zero-order valence-electron chi connectivity index (χ0n) is 12.1. The second-order valence-electron chi connectivity index (χ2n) is 4.69. The van der Waals surface area contributed by atoms with Gasteiger partial charge < -0.3 is 25.5 Å². The number of rotatable bonds is 3. The van der Waals surface area contributed by atoms with Crippen molar-refractivity contribution in [1.29, 1.82) is 0 Å². The minimum atomic E-state index is -0.864. The highest BCUT2D eigenvalue weighted by atomic mass is 16.3. The third-order valence-electron chi connectivity index (χ3n) is 3.41. The Labute approximate surface area is 115 Å². The van der Waals surface area contributed by atoms with Crippen LogP contribution in [0.2, 0.25) is 0 Å². The summed E-state index contributed by atoms with van der Waals surface area (Å²) in [7, 11) is 0. The molecule has 2 aliphatic rings. The molecule has 112 valence electrons. The van der Waals surface area contributed by atoms with Gasteiger partial charge in [-0.2, -0.15) is 0 Å². The molecule has 4 N–H and O–H groups in total. The van der Waals surface area contributed by atoms with Crippen molar-refractivity contribution in [2.75, 3.05) is 13.1 Å². The van der Waals surface area contributed by atoms with Gasteiger partial charge in [0.25, 0.3) is 0 Å². The third-order valence-corrected chi connectivity index (χ3v) is 3.41. The van der Waals surface area contributed by atoms with Gasteiger partial charge >= 0.3 is 0 Å². The number of hydrogen-bond acceptors (Lipinski definition) is 6. The molecule has 6 nitrogen and oxygen atoms in total. The van der Waals surface area contributed by atoms with E-state index in [1.807, 2.05) is 13.8 Å². The third kappa shape index (κ3) is 3.58. The van der Waals surface area contributed by atoms with E-state index in [-0.39, 0.29) is 12.5 Å². The van der Waals surface area contributed by atoms with E-state index in [0.717, 1.165) is 19.4 Å². The van der Waals surface area contributed by atoms with Crippen molar-refractivity contribution < 1.29 is 15.3 Å². The first-order chi connectivity index (χ1) is 9.15. The van der Waals surface area contributed by atoms with E-state index in [0.29, 0.717) is 12.5 Å². The maximum Gasteiger partial charge on any atom is 0.196 e. The number of guanidine groups is 1. The first kappa shape index (κ1) is 16.2. The summed E-state index contributed by atoms with van der Waals surface area (Å²) in [6, 6.07) is -0.308. The molecule has 19 heavy (non-hydrogen) atoms. The van der Waals surface area contributed by atoms with Crippen LogP contribution in [-0.4, -0.2) is 63.7 Å². The van der Waals surface area contributed by atoms with Crippen LogP contribution >= 0.6 is 0 Å². The van der Waals surface area contributed by atoms with Crippen molar-refractivity contribution in [1.82, 2.24) is 10.2 Å². The molecule has 2 rings (SSSR count). The van der Waals surface area contributed by atoms with Crippen molar-refractivity contribution in [2.24, 2.45) is 4.99 Å². The Balaban J connectivity index is 0.000000861. The van der Waals surface area contributed by atoms with Gasteiger partial charge in [0.1, 0.15) is 12.3 Å². The van der Waals surface area contributed by atoms with Crippen LogP contribution in [0.4, 0.5) is 0 Å². The lowest BCUT2D eigenvalue weighted by Gasteiger charge is -2.41. The van der Waals surface area contributed by atoms with Crippen LogP contribution in [0.15, 0.2) is 4.99 Å². The zero-order valence-corrected chi connectivity index (χ0v) is 12.1. The lowest BCUT2D eigenvalue weighted by molar-refractivity contribution is -0.121. The highest BCUT2D eigenvalue weighted by molar-refractivity contribution is 5.82. The molecule has 6 heteroatoms. The summed E-state index contributed by atoms with van der Waals surface area (Å²) in [6.07, 6.45) is -0.184. The van der Waals surface area contributed by atoms with Crippen LogP contribution in [0.5, 0.6) is 0 Å². The van der Waals surface area contributed by atoms with Crippen LogP contribution in [0.1, 0.15) is 40.0 Å². The van der Waals surface area contributed by atoms with Gasteiger partial charge in [0, 0.05) is 13.0 Å². The van der Waals surface area contributed by atoms with Gasteiger partial charge in [-0.1, -0.05) is 27.2 Å². The first-order valence-electron chi connectivity index (χ1n) is 7.26. The van der Waals surface area contributed by atoms with Crippen LogP contribution in [0.25, 0.3) is 0 Å². The normalized spacial score (nSPS) is 33.2. The molecule has 0 aromatic rings. The molecule has 0 saturated carbocycles. The predicted molar refractivity (Wildman–Crippen MR) is 74.8 cm³/mol. The van der Waals surface area contributed by atoms with Gasteiger partial charge in [-0.15, -0.1) is 0 Å². The van der Waals surface area contributed by atoms with Crippen LogP contribution in [-0.2, 0) is 0 Å². The highest BCUT2D eigenvalue weighted by Crippen LogP contribution is 2.26. The van der Waals surface area contributed by atoms with E-state index in [4.69, 9.17) is 0 Å². The van der Waals surface area contributed by atoms with Gasteiger partial charge in [-0.3, -0.25) is 4.99 Å². The minimum Gasteiger partial charge on any atom is -0.390 e. The van der Waals surface area contributed by atoms with Gasteiger partial charge in [0.05, 0.1) is 18.7 Å². The maximum absolute atomic E-state index is 9.93. The number of aliphatic hydroxyl groups excluding tert-OH is 3. The smallest absolute Gasteiger partial charge is 0.196 e. The number of fused-ring (bicyclic) bond motifs is 1. The van der Waals surface area contributed by atoms with E-state index < -0.39 is 18.4 Å². The molecule has 2 aliphatic heterocycles. The summed E-state index contributed by atoms with van der Waals surface area (Å²) in [4.78, 5) is 5.98. The SMILES string of the molecule is CC.CCCCNC1=NCC2[C@@H](O)C(O)C[C@@H](O)N12. The highest BCUT2D eigenvalue weighted by Gasteiger charge is 2.45. The molecule has 0 spiro atoms. The summed E-state index contributed by atoms with van der Waals surface area (Å²) >= 11 is 0. The van der Waals surface area contributed by atoms with Gasteiger partial charge in [-0.05, 0) is 6.42 Å². The molecule has 2 unspecified atom stereocenters. The van der Waals surface area contributed by atoms with Gasteiger partial charge in [0.15, 0.2) is 5.96 Å². The van der Waals surface area contributed by atoms with Crippen LogP contribution in [0, 0.1) is 0 Å². The maximum atomic E-state index is 9.93. The molecule has 1 saturated heterocycles. The second kappa shape index (κ2) is 7.67. The quantitative estimate of drug-likeness (QED) is 0.539. The Morgan fingerprint density at radius 2 is 2.00 bits per heavy atom. The Kier molecular flexibility index (Phi) is 6.54. The Morgan fingerprint density at radius 1 is 1.32 bits per heavy atom. The number of nitrogens with zero attached hydrogens (tertiary/aromatic N) is 2. The van der Waals surface area contributed by atoms with Gasteiger partial charge in [-0.25, -0.2) is 0 Å². The summed E-state index contributed by atoms with van der Waals surface area (Å²) in [6.45, 7) is 7.34. The Bertz CT molecular complexity index is 299. The topological polar surface area (TPSA) is 88.3 Å². The number of hydrogen-bond donors (Lipinski definition) is 4. The molecule has 0 radical (unpaired) electrons. The number of aliphatic hydroxyl groups is 3. The van der Waals surface area contributed by atoms with Crippen molar-refractivity contribution in [3.63, 3.8) is 0 Å². The van der Waals surface area contributed by atoms with Crippen molar-refractivity contribution >= 4 is 5.96 Å². The fourth-order valence-corrected chi connectivity index (χ4v) is 2.39. The molecule has 0 aromatic heterocycles.